The van der Waals surface area contributed by atoms with Gasteiger partial charge >= 0.3 is 0 Å². The van der Waals surface area contributed by atoms with Crippen molar-refractivity contribution in [3.8, 4) is 0 Å². The van der Waals surface area contributed by atoms with Crippen LogP contribution in [-0.4, -0.2) is 59.4 Å². The predicted octanol–water partition coefficient (Wildman–Crippen LogP) is 2.04. The van der Waals surface area contributed by atoms with Gasteiger partial charge in [0.2, 0.25) is 10.0 Å². The van der Waals surface area contributed by atoms with Gasteiger partial charge in [-0.25, -0.2) is 8.42 Å². The van der Waals surface area contributed by atoms with E-state index in [1.54, 1.807) is 31.0 Å². The number of benzene rings is 1. The molecule has 0 saturated carbocycles. The van der Waals surface area contributed by atoms with Crippen LogP contribution in [0.1, 0.15) is 33.8 Å². The standard InChI is InChI=1S/C23H26N4O5S/c1-17-21(18(2)32-24-17)33(30,31)27-13-7-12-25(14-15-27)22(28)20-10-6-11-26(23(20)29)16-19-8-4-3-5-9-19/h3-6,8-11H,7,12-16H2,1-2H3. The summed E-state index contributed by atoms with van der Waals surface area (Å²) >= 11 is 0. The fraction of sp³-hybridized carbons (Fsp3) is 0.348. The van der Waals surface area contributed by atoms with Crippen LogP contribution in [0.3, 0.4) is 0 Å². The molecule has 0 bridgehead atoms. The second-order valence-corrected chi connectivity index (χ2v) is 9.92. The van der Waals surface area contributed by atoms with Crippen LogP contribution in [0.4, 0.5) is 0 Å². The van der Waals surface area contributed by atoms with Crippen LogP contribution in [0.2, 0.25) is 0 Å². The summed E-state index contributed by atoms with van der Waals surface area (Å²) in [6.45, 7) is 4.47. The lowest BCUT2D eigenvalue weighted by Crippen LogP contribution is -2.40. The molecule has 9 nitrogen and oxygen atoms in total. The maximum atomic E-state index is 13.2. The Kier molecular flexibility index (Phi) is 6.48. The summed E-state index contributed by atoms with van der Waals surface area (Å²) in [7, 11) is -3.79. The zero-order valence-corrected chi connectivity index (χ0v) is 19.4. The second-order valence-electron chi connectivity index (χ2n) is 8.04. The first-order valence-electron chi connectivity index (χ1n) is 10.7. The Bertz CT molecular complexity index is 1290. The lowest BCUT2D eigenvalue weighted by Gasteiger charge is -2.22. The molecule has 1 aliphatic rings. The highest BCUT2D eigenvalue weighted by Gasteiger charge is 2.33. The number of pyridine rings is 1. The fourth-order valence-electron chi connectivity index (χ4n) is 4.08. The Morgan fingerprint density at radius 2 is 1.79 bits per heavy atom. The van der Waals surface area contributed by atoms with E-state index in [-0.39, 0.29) is 47.3 Å². The number of hydrogen-bond donors (Lipinski definition) is 0. The molecule has 0 spiro atoms. The Hall–Kier alpha value is -3.24. The lowest BCUT2D eigenvalue weighted by atomic mass is 10.2. The van der Waals surface area contributed by atoms with Crippen molar-refractivity contribution < 1.29 is 17.7 Å². The molecule has 1 aliphatic heterocycles. The number of hydrogen-bond acceptors (Lipinski definition) is 6. The topological polar surface area (TPSA) is 106 Å². The first-order valence-corrected chi connectivity index (χ1v) is 12.2. The highest BCUT2D eigenvalue weighted by Crippen LogP contribution is 2.24. The van der Waals surface area contributed by atoms with Gasteiger partial charge in [0.1, 0.15) is 16.2 Å². The maximum absolute atomic E-state index is 13.2. The van der Waals surface area contributed by atoms with Crippen LogP contribution in [0, 0.1) is 13.8 Å². The van der Waals surface area contributed by atoms with Gasteiger partial charge in [0.05, 0.1) is 6.54 Å². The maximum Gasteiger partial charge on any atom is 0.263 e. The third-order valence-electron chi connectivity index (χ3n) is 5.75. The van der Waals surface area contributed by atoms with Gasteiger partial charge in [-0.3, -0.25) is 9.59 Å². The Morgan fingerprint density at radius 1 is 1.03 bits per heavy atom. The van der Waals surface area contributed by atoms with Crippen molar-refractivity contribution in [2.24, 2.45) is 0 Å². The zero-order chi connectivity index (χ0) is 23.6. The Balaban J connectivity index is 1.52. The summed E-state index contributed by atoms with van der Waals surface area (Å²) < 4.78 is 34.2. The van der Waals surface area contributed by atoms with E-state index in [0.717, 1.165) is 5.56 Å². The van der Waals surface area contributed by atoms with Crippen molar-refractivity contribution in [1.82, 2.24) is 18.9 Å². The molecule has 0 radical (unpaired) electrons. The molecule has 0 atom stereocenters. The average Bonchev–Trinajstić information content (AvgIpc) is 2.99. The smallest absolute Gasteiger partial charge is 0.263 e. The van der Waals surface area contributed by atoms with Gasteiger partial charge in [-0.2, -0.15) is 4.31 Å². The summed E-state index contributed by atoms with van der Waals surface area (Å²) in [5, 5.41) is 3.75. The molecule has 3 aromatic rings. The molecule has 3 heterocycles. The summed E-state index contributed by atoms with van der Waals surface area (Å²) in [6, 6.07) is 12.7. The van der Waals surface area contributed by atoms with Crippen molar-refractivity contribution in [3.63, 3.8) is 0 Å². The van der Waals surface area contributed by atoms with E-state index < -0.39 is 10.0 Å². The molecular formula is C23H26N4O5S. The molecule has 174 valence electrons. The van der Waals surface area contributed by atoms with E-state index in [9.17, 15) is 18.0 Å². The number of carbonyl (C=O) groups is 1. The van der Waals surface area contributed by atoms with E-state index in [0.29, 0.717) is 25.2 Å². The van der Waals surface area contributed by atoms with Crippen LogP contribution < -0.4 is 5.56 Å². The number of carbonyl (C=O) groups excluding carboxylic acids is 1. The molecule has 1 amide bonds. The number of aryl methyl sites for hydroxylation is 2. The number of nitrogens with zero attached hydrogens (tertiary/aromatic N) is 4. The number of sulfonamides is 1. The molecule has 10 heteroatoms. The van der Waals surface area contributed by atoms with Crippen LogP contribution in [0.15, 0.2) is 62.9 Å². The van der Waals surface area contributed by atoms with Crippen LogP contribution in [0.5, 0.6) is 0 Å². The minimum absolute atomic E-state index is 0.0779. The zero-order valence-electron chi connectivity index (χ0n) is 18.6. The largest absolute Gasteiger partial charge is 0.360 e. The molecule has 33 heavy (non-hydrogen) atoms. The molecule has 1 aromatic carbocycles. The molecule has 0 N–H and O–H groups in total. The summed E-state index contributed by atoms with van der Waals surface area (Å²) in [5.41, 5.74) is 0.985. The number of amides is 1. The molecule has 1 fully saturated rings. The van der Waals surface area contributed by atoms with Crippen LogP contribution in [-0.2, 0) is 16.6 Å². The summed E-state index contributed by atoms with van der Waals surface area (Å²) in [5.74, 6) is -0.146. The first kappa shape index (κ1) is 22.9. The Labute approximate surface area is 192 Å². The predicted molar refractivity (Wildman–Crippen MR) is 122 cm³/mol. The van der Waals surface area contributed by atoms with Crippen molar-refractivity contribution in [2.75, 3.05) is 26.2 Å². The van der Waals surface area contributed by atoms with Crippen LogP contribution in [0.25, 0.3) is 0 Å². The van der Waals surface area contributed by atoms with Crippen molar-refractivity contribution >= 4 is 15.9 Å². The molecule has 1 saturated heterocycles. The van der Waals surface area contributed by atoms with Gasteiger partial charge in [0.15, 0.2) is 5.76 Å². The van der Waals surface area contributed by atoms with Gasteiger partial charge in [-0.1, -0.05) is 35.5 Å². The monoisotopic (exact) mass is 470 g/mol. The minimum atomic E-state index is -3.79. The second kappa shape index (κ2) is 9.32. The molecule has 2 aromatic heterocycles. The van der Waals surface area contributed by atoms with Gasteiger partial charge < -0.3 is 14.0 Å². The first-order chi connectivity index (χ1) is 15.8. The van der Waals surface area contributed by atoms with E-state index >= 15 is 0 Å². The molecule has 0 aliphatic carbocycles. The average molecular weight is 471 g/mol. The summed E-state index contributed by atoms with van der Waals surface area (Å²) in [6.07, 6.45) is 2.12. The normalized spacial score (nSPS) is 15.4. The van der Waals surface area contributed by atoms with Crippen molar-refractivity contribution in [3.05, 3.63) is 81.6 Å². The van der Waals surface area contributed by atoms with E-state index in [1.165, 1.54) is 14.9 Å². The van der Waals surface area contributed by atoms with E-state index in [4.69, 9.17) is 4.52 Å². The van der Waals surface area contributed by atoms with Gasteiger partial charge in [0.25, 0.3) is 11.5 Å². The molecular weight excluding hydrogens is 444 g/mol. The van der Waals surface area contributed by atoms with E-state index in [1.807, 2.05) is 30.3 Å². The Morgan fingerprint density at radius 3 is 2.48 bits per heavy atom. The van der Waals surface area contributed by atoms with Gasteiger partial charge in [-0.05, 0) is 38.0 Å². The lowest BCUT2D eigenvalue weighted by molar-refractivity contribution is 0.0761. The SMILES string of the molecule is Cc1noc(C)c1S(=O)(=O)N1CCCN(C(=O)c2cccn(Cc3ccccc3)c2=O)CC1. The fourth-order valence-corrected chi connectivity index (χ4v) is 5.84. The van der Waals surface area contributed by atoms with Crippen LogP contribution >= 0.6 is 0 Å². The molecule has 4 rings (SSSR count). The third-order valence-corrected chi connectivity index (χ3v) is 7.90. The van der Waals surface area contributed by atoms with Crippen molar-refractivity contribution in [1.29, 1.82) is 0 Å². The summed E-state index contributed by atoms with van der Waals surface area (Å²) in [4.78, 5) is 27.8. The van der Waals surface area contributed by atoms with Crippen molar-refractivity contribution in [2.45, 2.75) is 31.7 Å². The highest BCUT2D eigenvalue weighted by molar-refractivity contribution is 7.89. The quantitative estimate of drug-likeness (QED) is 0.565. The highest BCUT2D eigenvalue weighted by atomic mass is 32.2. The van der Waals surface area contributed by atoms with E-state index in [2.05, 4.69) is 5.16 Å². The third kappa shape index (κ3) is 4.62. The van der Waals surface area contributed by atoms with Gasteiger partial charge in [0, 0.05) is 32.4 Å². The van der Waals surface area contributed by atoms with Gasteiger partial charge in [-0.15, -0.1) is 0 Å². The number of rotatable bonds is 5. The number of aromatic nitrogens is 2. The molecule has 0 unspecified atom stereocenters. The minimum Gasteiger partial charge on any atom is -0.360 e.